The Morgan fingerprint density at radius 2 is 1.94 bits per heavy atom. The number of hydrogen-bond donors (Lipinski definition) is 1. The minimum Gasteiger partial charge on any atom is -0.481 e. The van der Waals surface area contributed by atoms with E-state index in [1.165, 1.54) is 7.11 Å². The Hall–Kier alpha value is -1.14. The highest BCUT2D eigenvalue weighted by Gasteiger charge is 2.50. The van der Waals surface area contributed by atoms with Crippen molar-refractivity contribution in [3.05, 3.63) is 0 Å². The maximum atomic E-state index is 11.6. The van der Waals surface area contributed by atoms with E-state index in [0.29, 0.717) is 26.1 Å². The molecule has 2 aliphatic rings. The molecule has 0 aromatic carbocycles. The first-order valence-electron chi connectivity index (χ1n) is 5.66. The SMILES string of the molecule is COC(=O)C1CC2(CCC1C(=O)O)OCCO2. The van der Waals surface area contributed by atoms with Crippen LogP contribution in [0.15, 0.2) is 0 Å². The van der Waals surface area contributed by atoms with E-state index in [9.17, 15) is 9.59 Å². The molecule has 6 nitrogen and oxygen atoms in total. The van der Waals surface area contributed by atoms with Gasteiger partial charge in [0.1, 0.15) is 0 Å². The van der Waals surface area contributed by atoms with Gasteiger partial charge in [0, 0.05) is 12.8 Å². The van der Waals surface area contributed by atoms with Crippen LogP contribution in [0, 0.1) is 11.8 Å². The first kappa shape index (κ1) is 12.3. The van der Waals surface area contributed by atoms with Crippen molar-refractivity contribution in [3.8, 4) is 0 Å². The first-order valence-corrected chi connectivity index (χ1v) is 5.66. The van der Waals surface area contributed by atoms with Crippen LogP contribution in [0.3, 0.4) is 0 Å². The highest BCUT2D eigenvalue weighted by Crippen LogP contribution is 2.42. The largest absolute Gasteiger partial charge is 0.481 e. The molecule has 2 atom stereocenters. The van der Waals surface area contributed by atoms with E-state index in [2.05, 4.69) is 4.74 Å². The van der Waals surface area contributed by atoms with E-state index in [-0.39, 0.29) is 6.42 Å². The molecule has 96 valence electrons. The number of rotatable bonds is 2. The lowest BCUT2D eigenvalue weighted by Crippen LogP contribution is -2.45. The lowest BCUT2D eigenvalue weighted by atomic mass is 9.76. The van der Waals surface area contributed by atoms with Crippen molar-refractivity contribution in [1.29, 1.82) is 0 Å². The molecule has 6 heteroatoms. The van der Waals surface area contributed by atoms with Gasteiger partial charge in [-0.2, -0.15) is 0 Å². The van der Waals surface area contributed by atoms with Crippen LogP contribution in [0.4, 0.5) is 0 Å². The molecule has 1 aliphatic heterocycles. The second-order valence-corrected chi connectivity index (χ2v) is 4.42. The Bertz CT molecular complexity index is 320. The molecule has 0 bridgehead atoms. The van der Waals surface area contributed by atoms with Crippen LogP contribution in [-0.2, 0) is 23.8 Å². The molecule has 0 aromatic heterocycles. The number of methoxy groups -OCH3 is 1. The number of carboxylic acid groups (broad SMARTS) is 1. The van der Waals surface area contributed by atoms with Crippen LogP contribution in [0.2, 0.25) is 0 Å². The molecule has 0 aromatic rings. The standard InChI is InChI=1S/C11H16O6/c1-15-10(14)8-6-11(16-4-5-17-11)3-2-7(8)9(12)13/h7-8H,2-6H2,1H3,(H,12,13). The molecule has 1 saturated heterocycles. The van der Waals surface area contributed by atoms with Crippen molar-refractivity contribution in [1.82, 2.24) is 0 Å². The number of carbonyl (C=O) groups excluding carboxylic acids is 1. The fourth-order valence-corrected chi connectivity index (χ4v) is 2.61. The zero-order chi connectivity index (χ0) is 12.5. The summed E-state index contributed by atoms with van der Waals surface area (Å²) in [7, 11) is 1.26. The summed E-state index contributed by atoms with van der Waals surface area (Å²) in [5.74, 6) is -3.64. The average molecular weight is 244 g/mol. The van der Waals surface area contributed by atoms with Gasteiger partial charge in [0.15, 0.2) is 5.79 Å². The lowest BCUT2D eigenvalue weighted by Gasteiger charge is -2.38. The fraction of sp³-hybridized carbons (Fsp3) is 0.818. The normalized spacial score (nSPS) is 31.4. The number of hydrogen-bond acceptors (Lipinski definition) is 5. The number of esters is 1. The third-order valence-electron chi connectivity index (χ3n) is 3.49. The van der Waals surface area contributed by atoms with E-state index < -0.39 is 29.6 Å². The third kappa shape index (κ3) is 2.28. The second kappa shape index (κ2) is 4.62. The Labute approximate surface area is 98.8 Å². The minimum absolute atomic E-state index is 0.261. The molecule has 2 unspecified atom stereocenters. The molecule has 1 spiro atoms. The number of carbonyl (C=O) groups is 2. The van der Waals surface area contributed by atoms with Gasteiger partial charge in [-0.25, -0.2) is 0 Å². The topological polar surface area (TPSA) is 82.1 Å². The van der Waals surface area contributed by atoms with Crippen LogP contribution < -0.4 is 0 Å². The Morgan fingerprint density at radius 3 is 2.47 bits per heavy atom. The molecule has 1 aliphatic carbocycles. The third-order valence-corrected chi connectivity index (χ3v) is 3.49. The van der Waals surface area contributed by atoms with E-state index in [1.807, 2.05) is 0 Å². The quantitative estimate of drug-likeness (QED) is 0.708. The molecule has 2 rings (SSSR count). The Kier molecular flexibility index (Phi) is 3.35. The molecule has 1 N–H and O–H groups in total. The van der Waals surface area contributed by atoms with Gasteiger partial charge < -0.3 is 19.3 Å². The van der Waals surface area contributed by atoms with Gasteiger partial charge in [0.05, 0.1) is 32.2 Å². The second-order valence-electron chi connectivity index (χ2n) is 4.42. The summed E-state index contributed by atoms with van der Waals surface area (Å²) < 4.78 is 15.7. The summed E-state index contributed by atoms with van der Waals surface area (Å²) in [6.45, 7) is 0.983. The lowest BCUT2D eigenvalue weighted by molar-refractivity contribution is -0.205. The van der Waals surface area contributed by atoms with Gasteiger partial charge in [0.25, 0.3) is 0 Å². The molecule has 1 saturated carbocycles. The number of aliphatic carboxylic acids is 1. The van der Waals surface area contributed by atoms with Gasteiger partial charge >= 0.3 is 11.9 Å². The van der Waals surface area contributed by atoms with Crippen LogP contribution >= 0.6 is 0 Å². The van der Waals surface area contributed by atoms with Crippen LogP contribution in [0.1, 0.15) is 19.3 Å². The Morgan fingerprint density at radius 1 is 1.29 bits per heavy atom. The molecule has 1 heterocycles. The predicted octanol–water partition coefficient (Wildman–Crippen LogP) is 0.403. The average Bonchev–Trinajstić information content (AvgIpc) is 2.76. The highest BCUT2D eigenvalue weighted by atomic mass is 16.7. The number of ether oxygens (including phenoxy) is 3. The summed E-state index contributed by atoms with van der Waals surface area (Å²) in [4.78, 5) is 22.7. The molecule has 17 heavy (non-hydrogen) atoms. The van der Waals surface area contributed by atoms with Crippen LogP contribution in [0.25, 0.3) is 0 Å². The smallest absolute Gasteiger partial charge is 0.309 e. The van der Waals surface area contributed by atoms with Crippen LogP contribution in [-0.4, -0.2) is 43.2 Å². The van der Waals surface area contributed by atoms with Crippen molar-refractivity contribution in [2.75, 3.05) is 20.3 Å². The Balaban J connectivity index is 2.15. The maximum Gasteiger partial charge on any atom is 0.309 e. The fourth-order valence-electron chi connectivity index (χ4n) is 2.61. The summed E-state index contributed by atoms with van der Waals surface area (Å²) in [5.41, 5.74) is 0. The van der Waals surface area contributed by atoms with Gasteiger partial charge in [-0.1, -0.05) is 0 Å². The van der Waals surface area contributed by atoms with E-state index in [0.717, 1.165) is 0 Å². The molecular formula is C11H16O6. The zero-order valence-corrected chi connectivity index (χ0v) is 9.68. The molecule has 0 radical (unpaired) electrons. The van der Waals surface area contributed by atoms with Crippen molar-refractivity contribution < 1.29 is 28.9 Å². The van der Waals surface area contributed by atoms with Crippen LogP contribution in [0.5, 0.6) is 0 Å². The van der Waals surface area contributed by atoms with Crippen molar-refractivity contribution in [2.24, 2.45) is 11.8 Å². The number of carboxylic acids is 1. The monoisotopic (exact) mass is 244 g/mol. The van der Waals surface area contributed by atoms with E-state index in [4.69, 9.17) is 14.6 Å². The van der Waals surface area contributed by atoms with Crippen molar-refractivity contribution >= 4 is 11.9 Å². The van der Waals surface area contributed by atoms with Gasteiger partial charge in [-0.3, -0.25) is 9.59 Å². The van der Waals surface area contributed by atoms with E-state index >= 15 is 0 Å². The molecular weight excluding hydrogens is 228 g/mol. The van der Waals surface area contributed by atoms with E-state index in [1.54, 1.807) is 0 Å². The highest BCUT2D eigenvalue weighted by molar-refractivity contribution is 5.81. The van der Waals surface area contributed by atoms with Gasteiger partial charge in [0.2, 0.25) is 0 Å². The summed E-state index contributed by atoms with van der Waals surface area (Å²) in [6.07, 6.45) is 1.14. The van der Waals surface area contributed by atoms with Crippen molar-refractivity contribution in [3.63, 3.8) is 0 Å². The van der Waals surface area contributed by atoms with Gasteiger partial charge in [-0.05, 0) is 6.42 Å². The first-order chi connectivity index (χ1) is 8.08. The molecule has 0 amide bonds. The minimum atomic E-state index is -0.965. The van der Waals surface area contributed by atoms with Gasteiger partial charge in [-0.15, -0.1) is 0 Å². The maximum absolute atomic E-state index is 11.6. The molecule has 2 fully saturated rings. The predicted molar refractivity (Wildman–Crippen MR) is 55.1 cm³/mol. The zero-order valence-electron chi connectivity index (χ0n) is 9.68. The van der Waals surface area contributed by atoms with Crippen molar-refractivity contribution in [2.45, 2.75) is 25.0 Å². The summed E-state index contributed by atoms with van der Waals surface area (Å²) in [5, 5.41) is 9.09. The summed E-state index contributed by atoms with van der Waals surface area (Å²) >= 11 is 0. The summed E-state index contributed by atoms with van der Waals surface area (Å²) in [6, 6.07) is 0.